The zero-order valence-corrected chi connectivity index (χ0v) is 22.5. The number of ether oxygens (including phenoxy) is 1. The molecule has 1 atom stereocenters. The summed E-state index contributed by atoms with van der Waals surface area (Å²) < 4.78 is 48.0. The molecule has 3 aromatic rings. The first-order valence-corrected chi connectivity index (χ1v) is 13.3. The maximum absolute atomic E-state index is 13.9. The molecule has 7 nitrogen and oxygen atoms in total. The number of halogens is 4. The first kappa shape index (κ1) is 26.7. The van der Waals surface area contributed by atoms with Crippen molar-refractivity contribution in [3.8, 4) is 17.3 Å². The van der Waals surface area contributed by atoms with Crippen molar-refractivity contribution in [2.75, 3.05) is 37.3 Å². The summed E-state index contributed by atoms with van der Waals surface area (Å²) in [6.07, 6.45) is 0.627. The van der Waals surface area contributed by atoms with Crippen LogP contribution >= 0.6 is 11.6 Å². The van der Waals surface area contributed by atoms with Gasteiger partial charge in [0.1, 0.15) is 17.2 Å². The summed E-state index contributed by atoms with van der Waals surface area (Å²) in [5.74, 6) is 0.637. The third-order valence-electron chi connectivity index (χ3n) is 7.55. The molecule has 5 rings (SSSR count). The lowest BCUT2D eigenvalue weighted by Gasteiger charge is -2.36. The number of alkyl halides is 3. The largest absolute Gasteiger partial charge is 0.456 e. The van der Waals surface area contributed by atoms with Crippen molar-refractivity contribution in [2.45, 2.75) is 63.8 Å². The number of hydrogen-bond acceptors (Lipinski definition) is 7. The van der Waals surface area contributed by atoms with E-state index < -0.39 is 17.3 Å². The summed E-state index contributed by atoms with van der Waals surface area (Å²) in [6.45, 7) is 6.66. The lowest BCUT2D eigenvalue weighted by Crippen LogP contribution is -2.48. The Balaban J connectivity index is 1.66. The van der Waals surface area contributed by atoms with E-state index in [1.54, 1.807) is 6.07 Å². The van der Waals surface area contributed by atoms with Gasteiger partial charge in [-0.1, -0.05) is 11.6 Å². The van der Waals surface area contributed by atoms with Gasteiger partial charge in [0.2, 0.25) is 0 Å². The van der Waals surface area contributed by atoms with E-state index in [1.807, 2.05) is 13.8 Å². The number of aromatic nitrogens is 3. The van der Waals surface area contributed by atoms with Gasteiger partial charge >= 0.3 is 12.2 Å². The van der Waals surface area contributed by atoms with Crippen LogP contribution in [0.4, 0.5) is 24.8 Å². The van der Waals surface area contributed by atoms with Crippen molar-refractivity contribution in [1.82, 2.24) is 19.9 Å². The highest BCUT2D eigenvalue weighted by Crippen LogP contribution is 2.42. The van der Waals surface area contributed by atoms with E-state index in [9.17, 15) is 13.2 Å². The Kier molecular flexibility index (Phi) is 7.06. The minimum Gasteiger partial charge on any atom is -0.456 e. The molecule has 2 N–H and O–H groups in total. The molecule has 1 aromatic carbocycles. The molecule has 0 unspecified atom stereocenters. The fourth-order valence-corrected chi connectivity index (χ4v) is 5.94. The van der Waals surface area contributed by atoms with Crippen molar-refractivity contribution >= 4 is 34.1 Å². The van der Waals surface area contributed by atoms with E-state index in [4.69, 9.17) is 27.1 Å². The van der Waals surface area contributed by atoms with Crippen LogP contribution in [-0.4, -0.2) is 58.2 Å². The standard InChI is InChI=1S/C27H32ClF3N6O/c1-26(2,21-8-7-11-36(21)3)38-25-33-20-15-16(23-18(27(29,30)31)9-10-22(32)34-23)19(28)14-17(20)24(35-25)37-12-5-4-6-13-37/h9-10,14-15,21H,4-8,11-13H2,1-3H3,(H2,32,34)/t21-/m0/s1. The Labute approximate surface area is 225 Å². The molecule has 2 aromatic heterocycles. The Bertz CT molecular complexity index is 1340. The number of piperidine rings is 1. The quantitative estimate of drug-likeness (QED) is 0.407. The topological polar surface area (TPSA) is 80.4 Å². The van der Waals surface area contributed by atoms with Crippen LogP contribution in [0, 0.1) is 0 Å². The van der Waals surface area contributed by atoms with Gasteiger partial charge in [-0.05, 0) is 83.8 Å². The fraction of sp³-hybridized carbons (Fsp3) is 0.519. The lowest BCUT2D eigenvalue weighted by atomic mass is 9.96. The minimum atomic E-state index is -4.63. The van der Waals surface area contributed by atoms with E-state index in [0.717, 1.165) is 63.9 Å². The molecule has 2 aliphatic heterocycles. The van der Waals surface area contributed by atoms with Gasteiger partial charge in [-0.2, -0.15) is 23.1 Å². The van der Waals surface area contributed by atoms with E-state index in [1.165, 1.54) is 6.07 Å². The molecule has 11 heteroatoms. The predicted octanol–water partition coefficient (Wildman–Crippen LogP) is 6.19. The van der Waals surface area contributed by atoms with Gasteiger partial charge in [0.15, 0.2) is 0 Å². The lowest BCUT2D eigenvalue weighted by molar-refractivity contribution is -0.137. The van der Waals surface area contributed by atoms with Gasteiger partial charge in [0, 0.05) is 30.1 Å². The number of likely N-dealkylation sites (N-methyl/N-ethyl adjacent to an activating group) is 1. The number of pyridine rings is 1. The number of nitrogens with zero attached hydrogens (tertiary/aromatic N) is 5. The zero-order valence-electron chi connectivity index (χ0n) is 21.8. The van der Waals surface area contributed by atoms with Crippen molar-refractivity contribution in [3.63, 3.8) is 0 Å². The second kappa shape index (κ2) is 10.0. The normalized spacial score (nSPS) is 19.3. The summed E-state index contributed by atoms with van der Waals surface area (Å²) in [6, 6.07) is 5.59. The maximum atomic E-state index is 13.9. The monoisotopic (exact) mass is 548 g/mol. The Hall–Kier alpha value is -2.85. The van der Waals surface area contributed by atoms with Gasteiger partial charge < -0.3 is 15.4 Å². The first-order chi connectivity index (χ1) is 17.9. The van der Waals surface area contributed by atoms with E-state index in [2.05, 4.69) is 26.8 Å². The van der Waals surface area contributed by atoms with Gasteiger partial charge in [0.05, 0.1) is 21.8 Å². The zero-order chi connectivity index (χ0) is 27.2. The van der Waals surface area contributed by atoms with Crippen LogP contribution in [0.3, 0.4) is 0 Å². The summed E-state index contributed by atoms with van der Waals surface area (Å²) in [5.41, 5.74) is 4.48. The van der Waals surface area contributed by atoms with Crippen LogP contribution in [0.1, 0.15) is 51.5 Å². The number of fused-ring (bicyclic) bond motifs is 1. The Morgan fingerprint density at radius 1 is 1.00 bits per heavy atom. The third-order valence-corrected chi connectivity index (χ3v) is 7.87. The molecule has 0 spiro atoms. The van der Waals surface area contributed by atoms with Crippen molar-refractivity contribution in [2.24, 2.45) is 0 Å². The fourth-order valence-electron chi connectivity index (χ4n) is 5.69. The molecule has 2 fully saturated rings. The number of anilines is 2. The average molecular weight is 549 g/mol. The minimum absolute atomic E-state index is 0.0349. The van der Waals surface area contributed by atoms with E-state index >= 15 is 0 Å². The second-order valence-corrected chi connectivity index (χ2v) is 11.1. The van der Waals surface area contributed by atoms with Crippen molar-refractivity contribution in [1.29, 1.82) is 0 Å². The highest BCUT2D eigenvalue weighted by atomic mass is 35.5. The smallest absolute Gasteiger partial charge is 0.418 e. The molecule has 0 amide bonds. The van der Waals surface area contributed by atoms with Crippen LogP contribution in [-0.2, 0) is 6.18 Å². The molecule has 2 saturated heterocycles. The number of nitrogen functional groups attached to an aromatic ring is 1. The third kappa shape index (κ3) is 5.20. The van der Waals surface area contributed by atoms with Gasteiger partial charge in [0.25, 0.3) is 0 Å². The molecule has 0 bridgehead atoms. The van der Waals surface area contributed by atoms with Gasteiger partial charge in [-0.15, -0.1) is 0 Å². The van der Waals surface area contributed by atoms with Crippen LogP contribution in [0.5, 0.6) is 6.01 Å². The molecule has 2 aliphatic rings. The number of benzene rings is 1. The molecule has 4 heterocycles. The first-order valence-electron chi connectivity index (χ1n) is 12.9. The van der Waals surface area contributed by atoms with Crippen LogP contribution in [0.15, 0.2) is 24.3 Å². The van der Waals surface area contributed by atoms with Gasteiger partial charge in [-0.3, -0.25) is 4.90 Å². The second-order valence-electron chi connectivity index (χ2n) is 10.7. The summed E-state index contributed by atoms with van der Waals surface area (Å²) in [7, 11) is 2.08. The number of nitrogens with two attached hydrogens (primary N) is 1. The Morgan fingerprint density at radius 2 is 1.74 bits per heavy atom. The average Bonchev–Trinajstić information content (AvgIpc) is 3.30. The summed E-state index contributed by atoms with van der Waals surface area (Å²) in [4.78, 5) is 18.0. The molecular weight excluding hydrogens is 517 g/mol. The van der Waals surface area contributed by atoms with E-state index in [0.29, 0.717) is 16.7 Å². The molecule has 204 valence electrons. The molecule has 38 heavy (non-hydrogen) atoms. The van der Waals surface area contributed by atoms with E-state index in [-0.39, 0.29) is 34.2 Å². The highest BCUT2D eigenvalue weighted by molar-refractivity contribution is 6.34. The maximum Gasteiger partial charge on any atom is 0.418 e. The molecule has 0 aliphatic carbocycles. The summed E-state index contributed by atoms with van der Waals surface area (Å²) in [5, 5.41) is 0.769. The molecule has 0 radical (unpaired) electrons. The number of likely N-dealkylation sites (tertiary alicyclic amines) is 1. The highest BCUT2D eigenvalue weighted by Gasteiger charge is 2.39. The number of hydrogen-bond donors (Lipinski definition) is 1. The molecule has 0 saturated carbocycles. The van der Waals surface area contributed by atoms with Crippen LogP contribution in [0.2, 0.25) is 5.02 Å². The number of rotatable bonds is 5. The van der Waals surface area contributed by atoms with Gasteiger partial charge in [-0.25, -0.2) is 4.98 Å². The Morgan fingerprint density at radius 3 is 2.39 bits per heavy atom. The van der Waals surface area contributed by atoms with Crippen LogP contribution < -0.4 is 15.4 Å². The SMILES string of the molecule is CN1CCC[C@H]1C(C)(C)Oc1nc(N2CCCCC2)c2cc(Cl)c(-c3nc(N)ccc3C(F)(F)F)cc2n1. The summed E-state index contributed by atoms with van der Waals surface area (Å²) >= 11 is 6.61. The van der Waals surface area contributed by atoms with Crippen molar-refractivity contribution < 1.29 is 17.9 Å². The molecular formula is C27H32ClF3N6O. The predicted molar refractivity (Wildman–Crippen MR) is 144 cm³/mol. The van der Waals surface area contributed by atoms with Crippen LogP contribution in [0.25, 0.3) is 22.2 Å². The van der Waals surface area contributed by atoms with Crippen molar-refractivity contribution in [3.05, 3.63) is 34.9 Å².